The molecule has 0 spiro atoms. The second-order valence-electron chi connectivity index (χ2n) is 4.11. The van der Waals surface area contributed by atoms with Gasteiger partial charge in [0.1, 0.15) is 3.70 Å². The Balaban J connectivity index is 2.28. The van der Waals surface area contributed by atoms with E-state index in [1.807, 2.05) is 12.1 Å². The maximum atomic E-state index is 12.0. The van der Waals surface area contributed by atoms with E-state index in [-0.39, 0.29) is 0 Å². The molecular weight excluding hydrogens is 353 g/mol. The maximum Gasteiger partial charge on any atom is 0.281 e. The Morgan fingerprint density at radius 1 is 1.41 bits per heavy atom. The molecule has 0 saturated carbocycles. The molecule has 0 radical (unpaired) electrons. The second kappa shape index (κ2) is 4.79. The van der Waals surface area contributed by atoms with Crippen molar-refractivity contribution in [3.8, 4) is 0 Å². The van der Waals surface area contributed by atoms with Crippen LogP contribution in [0.3, 0.4) is 0 Å². The molecule has 5 nitrogen and oxygen atoms in total. The molecule has 1 aromatic heterocycles. The Morgan fingerprint density at radius 2 is 2.12 bits per heavy atom. The van der Waals surface area contributed by atoms with Crippen LogP contribution in [-0.2, 0) is 23.2 Å². The van der Waals surface area contributed by atoms with Crippen molar-refractivity contribution in [2.24, 2.45) is 0 Å². The second-order valence-corrected chi connectivity index (χ2v) is 7.36. The summed E-state index contributed by atoms with van der Waals surface area (Å²) < 4.78 is 27.7. The molecule has 1 aliphatic heterocycles. The third-order valence-electron chi connectivity index (χ3n) is 2.77. The van der Waals surface area contributed by atoms with Gasteiger partial charge in [0.2, 0.25) is 0 Å². The van der Waals surface area contributed by atoms with E-state index < -0.39 is 10.2 Å². The molecule has 2 heterocycles. The predicted molar refractivity (Wildman–Crippen MR) is 73.7 cm³/mol. The third-order valence-corrected chi connectivity index (χ3v) is 5.25. The van der Waals surface area contributed by atoms with Crippen molar-refractivity contribution in [1.82, 2.24) is 13.6 Å². The Morgan fingerprint density at radius 3 is 2.76 bits per heavy atom. The number of fused-ring (bicyclic) bond motifs is 1. The molecule has 0 fully saturated rings. The standard InChI is InChI=1S/C10H14IN3O2S/c1-13(2)17(15,16)14-6-5-9-8(7-14)3-4-10(11)12-9/h3-4H,5-7H2,1-2H3. The molecule has 0 atom stereocenters. The van der Waals surface area contributed by atoms with Gasteiger partial charge in [-0.2, -0.15) is 17.0 Å². The van der Waals surface area contributed by atoms with Crippen LogP contribution in [0.4, 0.5) is 0 Å². The summed E-state index contributed by atoms with van der Waals surface area (Å²) in [5, 5.41) is 0. The van der Waals surface area contributed by atoms with Crippen molar-refractivity contribution in [3.05, 3.63) is 27.1 Å². The lowest BCUT2D eigenvalue weighted by molar-refractivity contribution is 0.356. The van der Waals surface area contributed by atoms with E-state index in [1.165, 1.54) is 8.61 Å². The molecule has 0 aliphatic carbocycles. The summed E-state index contributed by atoms with van der Waals surface area (Å²) >= 11 is 2.17. The Hall–Kier alpha value is -0.250. The lowest BCUT2D eigenvalue weighted by Crippen LogP contribution is -2.42. The minimum absolute atomic E-state index is 0.416. The van der Waals surface area contributed by atoms with E-state index in [4.69, 9.17) is 0 Å². The fraction of sp³-hybridized carbons (Fsp3) is 0.500. The molecule has 7 heteroatoms. The molecule has 0 unspecified atom stereocenters. The highest BCUT2D eigenvalue weighted by Gasteiger charge is 2.28. The summed E-state index contributed by atoms with van der Waals surface area (Å²) in [6, 6.07) is 3.87. The van der Waals surface area contributed by atoms with E-state index in [1.54, 1.807) is 14.1 Å². The first-order chi connectivity index (χ1) is 7.91. The molecule has 17 heavy (non-hydrogen) atoms. The summed E-state index contributed by atoms with van der Waals surface area (Å²) in [6.45, 7) is 0.917. The first-order valence-electron chi connectivity index (χ1n) is 5.23. The summed E-state index contributed by atoms with van der Waals surface area (Å²) in [5.41, 5.74) is 2.02. The van der Waals surface area contributed by atoms with E-state index in [2.05, 4.69) is 27.6 Å². The smallest absolute Gasteiger partial charge is 0.247 e. The van der Waals surface area contributed by atoms with Crippen molar-refractivity contribution in [2.45, 2.75) is 13.0 Å². The number of nitrogens with zero attached hydrogens (tertiary/aromatic N) is 3. The van der Waals surface area contributed by atoms with Crippen LogP contribution in [0.1, 0.15) is 11.3 Å². The van der Waals surface area contributed by atoms with Crippen LogP contribution in [0.15, 0.2) is 12.1 Å². The number of halogens is 1. The number of hydrogen-bond acceptors (Lipinski definition) is 3. The molecule has 0 aromatic carbocycles. The van der Waals surface area contributed by atoms with Gasteiger partial charge in [0.15, 0.2) is 0 Å². The van der Waals surface area contributed by atoms with Gasteiger partial charge in [0, 0.05) is 39.3 Å². The number of aromatic nitrogens is 1. The maximum absolute atomic E-state index is 12.0. The molecule has 0 saturated heterocycles. The molecule has 0 bridgehead atoms. The van der Waals surface area contributed by atoms with Crippen molar-refractivity contribution < 1.29 is 8.42 Å². The molecule has 94 valence electrons. The first kappa shape index (κ1) is 13.2. The summed E-state index contributed by atoms with van der Waals surface area (Å²) in [4.78, 5) is 4.43. The van der Waals surface area contributed by atoms with Gasteiger partial charge in [-0.1, -0.05) is 6.07 Å². The Bertz CT molecular complexity index is 530. The fourth-order valence-corrected chi connectivity index (χ4v) is 3.35. The average molecular weight is 367 g/mol. The number of hydrogen-bond donors (Lipinski definition) is 0. The van der Waals surface area contributed by atoms with Gasteiger partial charge >= 0.3 is 0 Å². The van der Waals surface area contributed by atoms with Gasteiger partial charge in [0.25, 0.3) is 10.2 Å². The van der Waals surface area contributed by atoms with Crippen LogP contribution in [0.2, 0.25) is 0 Å². The van der Waals surface area contributed by atoms with Crippen molar-refractivity contribution in [1.29, 1.82) is 0 Å². The SMILES string of the molecule is CN(C)S(=O)(=O)N1CCc2nc(I)ccc2C1. The van der Waals surface area contributed by atoms with Crippen LogP contribution in [-0.4, -0.2) is 42.7 Å². The Kier molecular flexibility index (Phi) is 3.71. The summed E-state index contributed by atoms with van der Waals surface area (Å²) in [7, 11) is -0.211. The lowest BCUT2D eigenvalue weighted by Gasteiger charge is -2.29. The van der Waals surface area contributed by atoms with Crippen LogP contribution < -0.4 is 0 Å². The summed E-state index contributed by atoms with van der Waals surface area (Å²) in [5.74, 6) is 0. The van der Waals surface area contributed by atoms with Gasteiger partial charge in [-0.15, -0.1) is 0 Å². The molecule has 1 aromatic rings. The van der Waals surface area contributed by atoms with E-state index >= 15 is 0 Å². The monoisotopic (exact) mass is 367 g/mol. The minimum atomic E-state index is -3.32. The highest BCUT2D eigenvalue weighted by Crippen LogP contribution is 2.21. The largest absolute Gasteiger partial charge is 0.281 e. The van der Waals surface area contributed by atoms with Crippen molar-refractivity contribution in [2.75, 3.05) is 20.6 Å². The zero-order valence-corrected chi connectivity index (χ0v) is 12.7. The molecule has 1 aliphatic rings. The van der Waals surface area contributed by atoms with Crippen LogP contribution in [0, 0.1) is 3.70 Å². The summed E-state index contributed by atoms with van der Waals surface area (Å²) in [6.07, 6.45) is 0.680. The van der Waals surface area contributed by atoms with Crippen molar-refractivity contribution >= 4 is 32.8 Å². The minimum Gasteiger partial charge on any atom is -0.247 e. The van der Waals surface area contributed by atoms with Crippen LogP contribution in [0.5, 0.6) is 0 Å². The van der Waals surface area contributed by atoms with Gasteiger partial charge in [-0.3, -0.25) is 0 Å². The van der Waals surface area contributed by atoms with Gasteiger partial charge in [-0.25, -0.2) is 4.98 Å². The highest BCUT2D eigenvalue weighted by atomic mass is 127. The number of pyridine rings is 1. The number of rotatable bonds is 2. The van der Waals surface area contributed by atoms with Crippen LogP contribution in [0.25, 0.3) is 0 Å². The lowest BCUT2D eigenvalue weighted by atomic mass is 10.1. The zero-order valence-electron chi connectivity index (χ0n) is 9.72. The third kappa shape index (κ3) is 2.61. The van der Waals surface area contributed by atoms with E-state index in [0.717, 1.165) is 15.0 Å². The molecule has 0 amide bonds. The molecule has 2 rings (SSSR count). The predicted octanol–water partition coefficient (Wildman–Crippen LogP) is 0.851. The zero-order chi connectivity index (χ0) is 12.6. The van der Waals surface area contributed by atoms with Crippen molar-refractivity contribution in [3.63, 3.8) is 0 Å². The van der Waals surface area contributed by atoms with Gasteiger partial charge < -0.3 is 0 Å². The van der Waals surface area contributed by atoms with Gasteiger partial charge in [-0.05, 0) is 34.2 Å². The first-order valence-corrected chi connectivity index (χ1v) is 7.71. The Labute approximate surface area is 115 Å². The van der Waals surface area contributed by atoms with E-state index in [0.29, 0.717) is 19.5 Å². The topological polar surface area (TPSA) is 53.5 Å². The molecular formula is C10H14IN3O2S. The fourth-order valence-electron chi connectivity index (χ4n) is 1.79. The van der Waals surface area contributed by atoms with Crippen LogP contribution >= 0.6 is 22.6 Å². The van der Waals surface area contributed by atoms with Gasteiger partial charge in [0.05, 0.1) is 0 Å². The highest BCUT2D eigenvalue weighted by molar-refractivity contribution is 14.1. The average Bonchev–Trinajstić information content (AvgIpc) is 2.28. The molecule has 0 N–H and O–H groups in total. The van der Waals surface area contributed by atoms with E-state index in [9.17, 15) is 8.42 Å². The quantitative estimate of drug-likeness (QED) is 0.575. The normalized spacial score (nSPS) is 17.2.